The number of pyridine rings is 1. The summed E-state index contributed by atoms with van der Waals surface area (Å²) in [7, 11) is 0. The highest BCUT2D eigenvalue weighted by atomic mass is 79.9. The molecular formula is C8H6BrF2NO2. The van der Waals surface area contributed by atoms with E-state index in [2.05, 4.69) is 20.9 Å². The minimum Gasteiger partial charge on any atom is -0.477 e. The van der Waals surface area contributed by atoms with E-state index in [1.165, 1.54) is 0 Å². The van der Waals surface area contributed by atoms with Crippen LogP contribution in [0.4, 0.5) is 8.78 Å². The number of carbonyl (C=O) groups is 1. The predicted molar refractivity (Wildman–Crippen MR) is 48.8 cm³/mol. The average Bonchev–Trinajstić information content (AvgIpc) is 2.16. The molecule has 1 rings (SSSR count). The summed E-state index contributed by atoms with van der Waals surface area (Å²) in [6.07, 6.45) is -2.64. The molecule has 6 heteroatoms. The molecule has 0 fully saturated rings. The third-order valence-electron chi connectivity index (χ3n) is 1.59. The lowest BCUT2D eigenvalue weighted by Crippen LogP contribution is -2.05. The Hall–Kier alpha value is -1.04. The third kappa shape index (κ3) is 2.25. The highest BCUT2D eigenvalue weighted by molar-refractivity contribution is 9.08. The van der Waals surface area contributed by atoms with Crippen LogP contribution in [0.1, 0.15) is 28.2 Å². The van der Waals surface area contributed by atoms with Crippen LogP contribution in [0, 0.1) is 0 Å². The fourth-order valence-corrected chi connectivity index (χ4v) is 1.39. The van der Waals surface area contributed by atoms with Crippen LogP contribution in [-0.2, 0) is 5.33 Å². The molecule has 3 nitrogen and oxygen atoms in total. The van der Waals surface area contributed by atoms with E-state index in [0.29, 0.717) is 0 Å². The molecule has 76 valence electrons. The van der Waals surface area contributed by atoms with Gasteiger partial charge in [0.2, 0.25) is 0 Å². The van der Waals surface area contributed by atoms with E-state index in [9.17, 15) is 13.6 Å². The molecule has 1 aromatic rings. The van der Waals surface area contributed by atoms with Gasteiger partial charge in [-0.15, -0.1) is 0 Å². The second kappa shape index (κ2) is 4.45. The molecule has 1 heterocycles. The molecule has 0 unspecified atom stereocenters. The Morgan fingerprint density at radius 2 is 2.21 bits per heavy atom. The predicted octanol–water partition coefficient (Wildman–Crippen LogP) is 2.61. The van der Waals surface area contributed by atoms with Crippen molar-refractivity contribution in [2.24, 2.45) is 0 Å². The van der Waals surface area contributed by atoms with Crippen molar-refractivity contribution in [1.29, 1.82) is 0 Å². The minimum atomic E-state index is -2.64. The lowest BCUT2D eigenvalue weighted by Gasteiger charge is -2.05. The normalized spacial score (nSPS) is 10.6. The van der Waals surface area contributed by atoms with Crippen LogP contribution < -0.4 is 0 Å². The van der Waals surface area contributed by atoms with E-state index in [-0.39, 0.29) is 22.3 Å². The Morgan fingerprint density at radius 3 is 2.64 bits per heavy atom. The largest absolute Gasteiger partial charge is 0.477 e. The number of carboxylic acids is 1. The number of hydrogen-bond acceptors (Lipinski definition) is 2. The first-order chi connectivity index (χ1) is 6.56. The van der Waals surface area contributed by atoms with Gasteiger partial charge in [0.1, 0.15) is 5.69 Å². The van der Waals surface area contributed by atoms with Gasteiger partial charge in [0.15, 0.2) is 0 Å². The lowest BCUT2D eigenvalue weighted by atomic mass is 10.2. The van der Waals surface area contributed by atoms with Crippen LogP contribution >= 0.6 is 15.9 Å². The van der Waals surface area contributed by atoms with Crippen LogP contribution in [0.25, 0.3) is 0 Å². The molecule has 0 spiro atoms. The van der Waals surface area contributed by atoms with Crippen molar-refractivity contribution in [2.75, 3.05) is 0 Å². The zero-order valence-corrected chi connectivity index (χ0v) is 8.46. The summed E-state index contributed by atoms with van der Waals surface area (Å²) in [5, 5.41) is 8.67. The molecule has 0 aliphatic rings. The molecule has 0 radical (unpaired) electrons. The first-order valence-electron chi connectivity index (χ1n) is 3.63. The van der Waals surface area contributed by atoms with Crippen molar-refractivity contribution in [3.8, 4) is 0 Å². The highest BCUT2D eigenvalue weighted by Gasteiger charge is 2.15. The molecule has 0 saturated heterocycles. The van der Waals surface area contributed by atoms with Crippen molar-refractivity contribution in [3.63, 3.8) is 0 Å². The van der Waals surface area contributed by atoms with Crippen molar-refractivity contribution in [1.82, 2.24) is 4.98 Å². The Balaban J connectivity index is 3.18. The summed E-state index contributed by atoms with van der Waals surface area (Å²) in [5.41, 5.74) is -0.421. The summed E-state index contributed by atoms with van der Waals surface area (Å²) in [6.45, 7) is 0. The van der Waals surface area contributed by atoms with Gasteiger partial charge in [-0.25, -0.2) is 18.6 Å². The number of aromatic carboxylic acids is 1. The van der Waals surface area contributed by atoms with E-state index in [4.69, 9.17) is 5.11 Å². The quantitative estimate of drug-likeness (QED) is 0.855. The zero-order valence-electron chi connectivity index (χ0n) is 6.88. The highest BCUT2D eigenvalue weighted by Crippen LogP contribution is 2.23. The number of carboxylic acid groups (broad SMARTS) is 1. The zero-order chi connectivity index (χ0) is 10.7. The van der Waals surface area contributed by atoms with Gasteiger partial charge < -0.3 is 5.11 Å². The van der Waals surface area contributed by atoms with E-state index in [1.807, 2.05) is 0 Å². The molecule has 1 N–H and O–H groups in total. The lowest BCUT2D eigenvalue weighted by molar-refractivity contribution is 0.0689. The number of rotatable bonds is 3. The maximum absolute atomic E-state index is 12.3. The Morgan fingerprint density at radius 1 is 1.57 bits per heavy atom. The summed E-state index contributed by atoms with van der Waals surface area (Å²) in [6, 6.07) is 2.15. The molecule has 0 aromatic carbocycles. The van der Waals surface area contributed by atoms with Gasteiger partial charge in [-0.1, -0.05) is 15.9 Å². The minimum absolute atomic E-state index is 0.0555. The van der Waals surface area contributed by atoms with Gasteiger partial charge in [-0.3, -0.25) is 0 Å². The van der Waals surface area contributed by atoms with E-state index in [1.54, 1.807) is 0 Å². The molecule has 0 aliphatic heterocycles. The van der Waals surface area contributed by atoms with Crippen LogP contribution in [0.2, 0.25) is 0 Å². The third-order valence-corrected chi connectivity index (χ3v) is 2.12. The Labute approximate surface area is 86.9 Å². The second-order valence-electron chi connectivity index (χ2n) is 2.47. The molecule has 0 bridgehead atoms. The number of halogens is 3. The fraction of sp³-hybridized carbons (Fsp3) is 0.250. The van der Waals surface area contributed by atoms with Crippen LogP contribution in [0.5, 0.6) is 0 Å². The van der Waals surface area contributed by atoms with Gasteiger partial charge in [-0.2, -0.15) is 0 Å². The van der Waals surface area contributed by atoms with Crippen LogP contribution in [0.15, 0.2) is 12.1 Å². The summed E-state index contributed by atoms with van der Waals surface area (Å²) >= 11 is 2.97. The van der Waals surface area contributed by atoms with Gasteiger partial charge in [0, 0.05) is 10.9 Å². The molecule has 0 atom stereocenters. The smallest absolute Gasteiger partial charge is 0.354 e. The first kappa shape index (κ1) is 11.0. The first-order valence-corrected chi connectivity index (χ1v) is 4.75. The van der Waals surface area contributed by atoms with Crippen molar-refractivity contribution in [3.05, 3.63) is 29.1 Å². The standard InChI is InChI=1S/C8H6BrF2NO2/c9-3-6-4(7(10)11)1-2-5(12-6)8(13)14/h1-2,7H,3H2,(H,13,14). The molecule has 0 amide bonds. The fourth-order valence-electron chi connectivity index (χ4n) is 0.937. The van der Waals surface area contributed by atoms with Crippen LogP contribution in [-0.4, -0.2) is 16.1 Å². The monoisotopic (exact) mass is 265 g/mol. The van der Waals surface area contributed by atoms with Crippen molar-refractivity contribution in [2.45, 2.75) is 11.8 Å². The molecule has 0 aliphatic carbocycles. The molecule has 0 saturated carbocycles. The van der Waals surface area contributed by atoms with Gasteiger partial charge in [0.05, 0.1) is 5.69 Å². The van der Waals surface area contributed by atoms with E-state index >= 15 is 0 Å². The topological polar surface area (TPSA) is 50.2 Å². The Kier molecular flexibility index (Phi) is 3.51. The maximum atomic E-state index is 12.3. The number of alkyl halides is 3. The summed E-state index contributed by atoms with van der Waals surface area (Å²) < 4.78 is 24.7. The van der Waals surface area contributed by atoms with Gasteiger partial charge in [-0.05, 0) is 12.1 Å². The summed E-state index contributed by atoms with van der Waals surface area (Å²) in [5.74, 6) is -1.23. The molecular weight excluding hydrogens is 260 g/mol. The second-order valence-corrected chi connectivity index (χ2v) is 3.03. The van der Waals surface area contributed by atoms with Gasteiger partial charge >= 0.3 is 5.97 Å². The number of aromatic nitrogens is 1. The van der Waals surface area contributed by atoms with Gasteiger partial charge in [0.25, 0.3) is 6.43 Å². The summed E-state index contributed by atoms with van der Waals surface area (Å²) in [4.78, 5) is 14.1. The molecule has 1 aromatic heterocycles. The van der Waals surface area contributed by atoms with Crippen molar-refractivity contribution >= 4 is 21.9 Å². The maximum Gasteiger partial charge on any atom is 0.354 e. The average molecular weight is 266 g/mol. The number of hydrogen-bond donors (Lipinski definition) is 1. The Bertz CT molecular complexity index is 357. The number of nitrogens with zero attached hydrogens (tertiary/aromatic N) is 1. The molecule has 14 heavy (non-hydrogen) atoms. The van der Waals surface area contributed by atoms with E-state index in [0.717, 1.165) is 12.1 Å². The SMILES string of the molecule is O=C(O)c1ccc(C(F)F)c(CBr)n1. The van der Waals surface area contributed by atoms with E-state index < -0.39 is 12.4 Å². The van der Waals surface area contributed by atoms with Crippen molar-refractivity contribution < 1.29 is 18.7 Å². The van der Waals surface area contributed by atoms with Crippen LogP contribution in [0.3, 0.4) is 0 Å².